The minimum atomic E-state index is -0.856. The number of benzene rings is 1. The summed E-state index contributed by atoms with van der Waals surface area (Å²) < 4.78 is 5.41. The number of fused-ring (bicyclic) bond motifs is 2. The standard InChI is InChI=1S/C21H27NO4/c1-3-14-7-9-18(10-8-14)22-20(24)13(2)26-21(25)17-11-15-5-4-6-16(12-17)19(15)23/h7-10,13,15-17H,3-6,11-12H2,1-2H3,(H,22,24). The van der Waals surface area contributed by atoms with E-state index in [1.54, 1.807) is 6.92 Å². The second-order valence-corrected chi connectivity index (χ2v) is 7.51. The number of amides is 1. The van der Waals surface area contributed by atoms with Crippen molar-refractivity contribution in [1.82, 2.24) is 0 Å². The number of hydrogen-bond donors (Lipinski definition) is 1. The second kappa shape index (κ2) is 8.02. The normalized spacial score (nSPS) is 26.1. The monoisotopic (exact) mass is 357 g/mol. The molecule has 2 saturated carbocycles. The molecule has 0 spiro atoms. The molecule has 2 aliphatic rings. The Labute approximate surface area is 154 Å². The molecule has 2 fully saturated rings. The van der Waals surface area contributed by atoms with Crippen LogP contribution in [0.2, 0.25) is 0 Å². The first-order valence-electron chi connectivity index (χ1n) is 9.62. The van der Waals surface area contributed by atoms with E-state index in [1.807, 2.05) is 24.3 Å². The largest absolute Gasteiger partial charge is 0.452 e. The molecule has 3 atom stereocenters. The van der Waals surface area contributed by atoms with Crippen molar-refractivity contribution in [2.75, 3.05) is 5.32 Å². The Morgan fingerprint density at radius 3 is 2.35 bits per heavy atom. The van der Waals surface area contributed by atoms with Crippen molar-refractivity contribution < 1.29 is 19.1 Å². The number of hydrogen-bond acceptors (Lipinski definition) is 4. The van der Waals surface area contributed by atoms with Gasteiger partial charge in [-0.1, -0.05) is 25.5 Å². The van der Waals surface area contributed by atoms with Crippen molar-refractivity contribution >= 4 is 23.3 Å². The summed E-state index contributed by atoms with van der Waals surface area (Å²) in [6.07, 6.45) is 4.05. The number of rotatable bonds is 5. The first-order chi connectivity index (χ1) is 12.5. The lowest BCUT2D eigenvalue weighted by molar-refractivity contribution is -0.161. The molecule has 0 radical (unpaired) electrons. The van der Waals surface area contributed by atoms with Crippen LogP contribution in [0.4, 0.5) is 5.69 Å². The highest BCUT2D eigenvalue weighted by Gasteiger charge is 2.42. The quantitative estimate of drug-likeness (QED) is 0.819. The van der Waals surface area contributed by atoms with E-state index in [-0.39, 0.29) is 29.6 Å². The lowest BCUT2D eigenvalue weighted by Gasteiger charge is -2.36. The van der Waals surface area contributed by atoms with Crippen molar-refractivity contribution in [1.29, 1.82) is 0 Å². The molecule has 1 amide bonds. The van der Waals surface area contributed by atoms with Crippen LogP contribution in [0.5, 0.6) is 0 Å². The van der Waals surface area contributed by atoms with Crippen LogP contribution in [0.25, 0.3) is 0 Å². The molecular formula is C21H27NO4. The van der Waals surface area contributed by atoms with Gasteiger partial charge in [-0.15, -0.1) is 0 Å². The molecule has 140 valence electrons. The molecule has 5 heteroatoms. The minimum absolute atomic E-state index is 0.00117. The van der Waals surface area contributed by atoms with Crippen LogP contribution in [0.1, 0.15) is 51.5 Å². The number of Topliss-reactive ketones (excluding diaryl/α,β-unsaturated/α-hetero) is 1. The van der Waals surface area contributed by atoms with Gasteiger partial charge in [0, 0.05) is 17.5 Å². The van der Waals surface area contributed by atoms with E-state index in [2.05, 4.69) is 12.2 Å². The molecule has 5 nitrogen and oxygen atoms in total. The van der Waals surface area contributed by atoms with Gasteiger partial charge in [0.25, 0.3) is 5.91 Å². The van der Waals surface area contributed by atoms with Gasteiger partial charge in [0.15, 0.2) is 6.10 Å². The molecule has 0 saturated heterocycles. The van der Waals surface area contributed by atoms with Gasteiger partial charge in [-0.25, -0.2) is 0 Å². The first-order valence-corrected chi connectivity index (χ1v) is 9.62. The lowest BCUT2D eigenvalue weighted by Crippen LogP contribution is -2.41. The van der Waals surface area contributed by atoms with Crippen molar-refractivity contribution in [3.63, 3.8) is 0 Å². The highest BCUT2D eigenvalue weighted by atomic mass is 16.5. The highest BCUT2D eigenvalue weighted by Crippen LogP contribution is 2.40. The van der Waals surface area contributed by atoms with Gasteiger partial charge in [-0.2, -0.15) is 0 Å². The van der Waals surface area contributed by atoms with Crippen LogP contribution < -0.4 is 5.32 Å². The molecular weight excluding hydrogens is 330 g/mol. The summed E-state index contributed by atoms with van der Waals surface area (Å²) in [7, 11) is 0. The summed E-state index contributed by atoms with van der Waals surface area (Å²) in [6, 6.07) is 7.62. The summed E-state index contributed by atoms with van der Waals surface area (Å²) >= 11 is 0. The van der Waals surface area contributed by atoms with Gasteiger partial charge in [0.05, 0.1) is 5.92 Å². The number of ketones is 1. The highest BCUT2D eigenvalue weighted by molar-refractivity contribution is 5.95. The van der Waals surface area contributed by atoms with Crippen LogP contribution in [0.15, 0.2) is 24.3 Å². The predicted octanol–water partition coefficient (Wildman–Crippen LogP) is 3.51. The summed E-state index contributed by atoms with van der Waals surface area (Å²) in [5.74, 6) is -0.626. The molecule has 2 aliphatic carbocycles. The Hall–Kier alpha value is -2.17. The smallest absolute Gasteiger partial charge is 0.309 e. The topological polar surface area (TPSA) is 72.5 Å². The van der Waals surface area contributed by atoms with E-state index in [0.29, 0.717) is 24.3 Å². The molecule has 2 bridgehead atoms. The van der Waals surface area contributed by atoms with Crippen LogP contribution in [0.3, 0.4) is 0 Å². The van der Waals surface area contributed by atoms with E-state index in [9.17, 15) is 14.4 Å². The zero-order valence-corrected chi connectivity index (χ0v) is 15.5. The fourth-order valence-corrected chi connectivity index (χ4v) is 4.06. The second-order valence-electron chi connectivity index (χ2n) is 7.51. The summed E-state index contributed by atoms with van der Waals surface area (Å²) in [5, 5.41) is 2.78. The number of esters is 1. The SMILES string of the molecule is CCc1ccc(NC(=O)C(C)OC(=O)C2CC3CCCC(C2)C3=O)cc1. The zero-order chi connectivity index (χ0) is 18.7. The lowest BCUT2D eigenvalue weighted by atomic mass is 9.67. The van der Waals surface area contributed by atoms with Crippen LogP contribution in [-0.2, 0) is 25.5 Å². The number of anilines is 1. The molecule has 1 aromatic rings. The van der Waals surface area contributed by atoms with Gasteiger partial charge in [0.2, 0.25) is 0 Å². The van der Waals surface area contributed by atoms with E-state index in [0.717, 1.165) is 25.7 Å². The molecule has 26 heavy (non-hydrogen) atoms. The fraction of sp³-hybridized carbons (Fsp3) is 0.571. The number of ether oxygens (including phenoxy) is 1. The van der Waals surface area contributed by atoms with Crippen molar-refractivity contribution in [2.45, 2.75) is 58.5 Å². The average molecular weight is 357 g/mol. The number of aryl methyl sites for hydroxylation is 1. The summed E-state index contributed by atoms with van der Waals surface area (Å²) in [5.41, 5.74) is 1.88. The number of carbonyl (C=O) groups excluding carboxylic acids is 3. The molecule has 3 unspecified atom stereocenters. The molecule has 1 aromatic carbocycles. The third-order valence-electron chi connectivity index (χ3n) is 5.67. The Morgan fingerprint density at radius 2 is 1.77 bits per heavy atom. The minimum Gasteiger partial charge on any atom is -0.452 e. The van der Waals surface area contributed by atoms with Crippen LogP contribution in [0, 0.1) is 17.8 Å². The fourth-order valence-electron chi connectivity index (χ4n) is 4.06. The number of nitrogens with one attached hydrogen (secondary N) is 1. The summed E-state index contributed by atoms with van der Waals surface area (Å²) in [6.45, 7) is 3.66. The Balaban J connectivity index is 1.53. The Morgan fingerprint density at radius 1 is 1.15 bits per heavy atom. The van der Waals surface area contributed by atoms with Crippen molar-refractivity contribution in [2.24, 2.45) is 17.8 Å². The molecule has 0 heterocycles. The van der Waals surface area contributed by atoms with Gasteiger partial charge in [0.1, 0.15) is 5.78 Å². The van der Waals surface area contributed by atoms with Gasteiger partial charge in [-0.05, 0) is 56.7 Å². The zero-order valence-electron chi connectivity index (χ0n) is 15.5. The van der Waals surface area contributed by atoms with Gasteiger partial charge < -0.3 is 10.1 Å². The van der Waals surface area contributed by atoms with E-state index in [4.69, 9.17) is 4.74 Å². The maximum absolute atomic E-state index is 12.5. The Bertz CT molecular complexity index is 666. The number of carbonyl (C=O) groups is 3. The van der Waals surface area contributed by atoms with Gasteiger partial charge in [-0.3, -0.25) is 14.4 Å². The summed E-state index contributed by atoms with van der Waals surface area (Å²) in [4.78, 5) is 36.9. The predicted molar refractivity (Wildman–Crippen MR) is 98.6 cm³/mol. The maximum Gasteiger partial charge on any atom is 0.309 e. The van der Waals surface area contributed by atoms with Crippen molar-refractivity contribution in [3.05, 3.63) is 29.8 Å². The van der Waals surface area contributed by atoms with Crippen LogP contribution >= 0.6 is 0 Å². The third kappa shape index (κ3) is 4.14. The average Bonchev–Trinajstić information content (AvgIpc) is 2.62. The van der Waals surface area contributed by atoms with Crippen molar-refractivity contribution in [3.8, 4) is 0 Å². The molecule has 1 N–H and O–H groups in total. The maximum atomic E-state index is 12.5. The third-order valence-corrected chi connectivity index (χ3v) is 5.67. The van der Waals surface area contributed by atoms with E-state index >= 15 is 0 Å². The first kappa shape index (κ1) is 18.6. The molecule has 0 aliphatic heterocycles. The van der Waals surface area contributed by atoms with Gasteiger partial charge >= 0.3 is 5.97 Å². The molecule has 0 aromatic heterocycles. The van der Waals surface area contributed by atoms with Crippen LogP contribution in [-0.4, -0.2) is 23.8 Å². The van der Waals surface area contributed by atoms with E-state index in [1.165, 1.54) is 5.56 Å². The van der Waals surface area contributed by atoms with E-state index < -0.39 is 6.10 Å². The Kier molecular flexibility index (Phi) is 5.74. The molecule has 3 rings (SSSR count).